The van der Waals surface area contributed by atoms with Crippen molar-refractivity contribution in [3.8, 4) is 0 Å². The van der Waals surface area contributed by atoms with Crippen LogP contribution in [0.4, 0.5) is 9.59 Å². The molecule has 0 aromatic heterocycles. The number of hydrogen-bond acceptors (Lipinski definition) is 8. The van der Waals surface area contributed by atoms with Crippen molar-refractivity contribution < 1.29 is 38.1 Å². The van der Waals surface area contributed by atoms with E-state index in [4.69, 9.17) is 18.9 Å². The molecule has 10 nitrogen and oxygen atoms in total. The molecule has 2 unspecified atom stereocenters. The molecule has 0 fully saturated rings. The quantitative estimate of drug-likeness (QED) is 0.234. The third-order valence-corrected chi connectivity index (χ3v) is 2.53. The molecule has 0 aromatic carbocycles. The van der Waals surface area contributed by atoms with Gasteiger partial charge in [0.05, 0.1) is 0 Å². The van der Waals surface area contributed by atoms with E-state index >= 15 is 0 Å². The Bertz CT molecular complexity index is 474. The van der Waals surface area contributed by atoms with Gasteiger partial charge in [0.1, 0.15) is 25.4 Å². The Labute approximate surface area is 151 Å². The van der Waals surface area contributed by atoms with E-state index in [-0.39, 0.29) is 26.3 Å². The number of nitrogens with one attached hydrogen (secondary N) is 2. The summed E-state index contributed by atoms with van der Waals surface area (Å²) in [5, 5.41) is 4.77. The van der Waals surface area contributed by atoms with Crippen LogP contribution in [0.25, 0.3) is 0 Å². The second-order valence-corrected chi connectivity index (χ2v) is 4.95. The lowest BCUT2D eigenvalue weighted by molar-refractivity contribution is -0.144. The van der Waals surface area contributed by atoms with E-state index in [0.29, 0.717) is 0 Å². The lowest BCUT2D eigenvalue weighted by Crippen LogP contribution is -2.37. The van der Waals surface area contributed by atoms with Gasteiger partial charge in [0, 0.05) is 25.2 Å². The summed E-state index contributed by atoms with van der Waals surface area (Å²) >= 11 is 0. The van der Waals surface area contributed by atoms with Gasteiger partial charge in [-0.15, -0.1) is 0 Å². The van der Waals surface area contributed by atoms with Crippen LogP contribution in [0.1, 0.15) is 13.8 Å². The van der Waals surface area contributed by atoms with Crippen molar-refractivity contribution in [3.63, 3.8) is 0 Å². The molecule has 0 rings (SSSR count). The van der Waals surface area contributed by atoms with Crippen LogP contribution in [-0.4, -0.2) is 62.6 Å². The normalized spacial score (nSPS) is 11.9. The van der Waals surface area contributed by atoms with Gasteiger partial charge >= 0.3 is 24.1 Å². The Hall–Kier alpha value is -3.04. The summed E-state index contributed by atoms with van der Waals surface area (Å²) in [5.74, 6) is -1.23. The topological polar surface area (TPSA) is 129 Å². The molecule has 26 heavy (non-hydrogen) atoms. The minimum absolute atomic E-state index is 0.0930. The first-order chi connectivity index (χ1) is 12.3. The summed E-state index contributed by atoms with van der Waals surface area (Å²) in [6, 6.07) is 0. The van der Waals surface area contributed by atoms with E-state index in [0.717, 1.165) is 12.2 Å². The Kier molecular flexibility index (Phi) is 11.7. The SMILES string of the molecule is C=CC(=O)OC(C)COC(=O)NCCNC(=O)OCC(C)OC(=O)C=C. The minimum Gasteiger partial charge on any atom is -0.456 e. The zero-order valence-electron chi connectivity index (χ0n) is 14.8. The van der Waals surface area contributed by atoms with E-state index in [1.807, 2.05) is 0 Å². The van der Waals surface area contributed by atoms with Crippen molar-refractivity contribution >= 4 is 24.1 Å². The van der Waals surface area contributed by atoms with Crippen molar-refractivity contribution in [2.24, 2.45) is 0 Å². The molecule has 2 amide bonds. The minimum atomic E-state index is -0.730. The van der Waals surface area contributed by atoms with Crippen LogP contribution in [-0.2, 0) is 28.5 Å². The summed E-state index contributed by atoms with van der Waals surface area (Å²) in [6.45, 7) is 9.54. The number of alkyl carbamates (subject to hydrolysis) is 2. The zero-order chi connectivity index (χ0) is 19.9. The first kappa shape index (κ1) is 23.0. The summed E-state index contributed by atoms with van der Waals surface area (Å²) in [7, 11) is 0. The molecule has 0 aromatic rings. The fourth-order valence-electron chi connectivity index (χ4n) is 1.38. The summed E-state index contributed by atoms with van der Waals surface area (Å²) < 4.78 is 19.3. The van der Waals surface area contributed by atoms with E-state index in [9.17, 15) is 19.2 Å². The lowest BCUT2D eigenvalue weighted by atomic mass is 10.4. The molecule has 0 aliphatic heterocycles. The molecular weight excluding hydrogens is 348 g/mol. The first-order valence-corrected chi connectivity index (χ1v) is 7.75. The van der Waals surface area contributed by atoms with Crippen LogP contribution < -0.4 is 10.6 Å². The molecule has 0 aliphatic rings. The smallest absolute Gasteiger partial charge is 0.407 e. The van der Waals surface area contributed by atoms with Gasteiger partial charge in [-0.1, -0.05) is 13.2 Å². The highest BCUT2D eigenvalue weighted by molar-refractivity contribution is 5.81. The molecule has 10 heteroatoms. The average Bonchev–Trinajstić information content (AvgIpc) is 2.61. The molecule has 0 bridgehead atoms. The average molecular weight is 372 g/mol. The molecule has 0 spiro atoms. The van der Waals surface area contributed by atoms with Crippen LogP contribution in [0, 0.1) is 0 Å². The highest BCUT2D eigenvalue weighted by Gasteiger charge is 2.11. The Morgan fingerprint density at radius 2 is 1.15 bits per heavy atom. The van der Waals surface area contributed by atoms with Gasteiger partial charge in [0.25, 0.3) is 0 Å². The van der Waals surface area contributed by atoms with Crippen molar-refractivity contribution in [1.29, 1.82) is 0 Å². The fraction of sp³-hybridized carbons (Fsp3) is 0.500. The fourth-order valence-corrected chi connectivity index (χ4v) is 1.38. The van der Waals surface area contributed by atoms with Gasteiger partial charge in [-0.3, -0.25) is 0 Å². The summed E-state index contributed by atoms with van der Waals surface area (Å²) in [6.07, 6.45) is -0.678. The van der Waals surface area contributed by atoms with Crippen LogP contribution in [0.15, 0.2) is 25.3 Å². The number of carbonyl (C=O) groups is 4. The monoisotopic (exact) mass is 372 g/mol. The van der Waals surface area contributed by atoms with E-state index in [1.54, 1.807) is 13.8 Å². The molecule has 146 valence electrons. The van der Waals surface area contributed by atoms with E-state index in [2.05, 4.69) is 23.8 Å². The predicted octanol–water partition coefficient (Wildman–Crippen LogP) is 0.674. The molecule has 2 atom stereocenters. The second kappa shape index (κ2) is 13.3. The van der Waals surface area contributed by atoms with Crippen LogP contribution in [0.5, 0.6) is 0 Å². The van der Waals surface area contributed by atoms with Gasteiger partial charge in [0.15, 0.2) is 0 Å². The molecule has 0 heterocycles. The first-order valence-electron chi connectivity index (χ1n) is 7.75. The van der Waals surface area contributed by atoms with E-state index < -0.39 is 36.3 Å². The highest BCUT2D eigenvalue weighted by Crippen LogP contribution is 1.95. The van der Waals surface area contributed by atoms with Crippen LogP contribution in [0.2, 0.25) is 0 Å². The standard InChI is InChI=1S/C16H24N2O8/c1-5-13(19)25-11(3)9-23-15(21)17-7-8-18-16(22)24-10-12(4)26-14(20)6-2/h5-6,11-12H,1-2,7-10H2,3-4H3,(H,17,21)(H,18,22). The van der Waals surface area contributed by atoms with Gasteiger partial charge in [-0.2, -0.15) is 0 Å². The number of amides is 2. The van der Waals surface area contributed by atoms with Crippen molar-refractivity contribution in [1.82, 2.24) is 10.6 Å². The van der Waals surface area contributed by atoms with Crippen molar-refractivity contribution in [2.45, 2.75) is 26.1 Å². The zero-order valence-corrected chi connectivity index (χ0v) is 14.8. The molecule has 0 radical (unpaired) electrons. The molecule has 0 aliphatic carbocycles. The largest absolute Gasteiger partial charge is 0.456 e. The third kappa shape index (κ3) is 12.4. The van der Waals surface area contributed by atoms with Crippen molar-refractivity contribution in [3.05, 3.63) is 25.3 Å². The maximum absolute atomic E-state index is 11.4. The van der Waals surface area contributed by atoms with Gasteiger partial charge in [0.2, 0.25) is 0 Å². The second-order valence-electron chi connectivity index (χ2n) is 4.95. The highest BCUT2D eigenvalue weighted by atomic mass is 16.6. The van der Waals surface area contributed by atoms with Gasteiger partial charge in [-0.25, -0.2) is 19.2 Å². The number of carbonyl (C=O) groups excluding carboxylic acids is 4. The van der Waals surface area contributed by atoms with Gasteiger partial charge < -0.3 is 29.6 Å². The molecular formula is C16H24N2O8. The van der Waals surface area contributed by atoms with Crippen LogP contribution in [0.3, 0.4) is 0 Å². The predicted molar refractivity (Wildman–Crippen MR) is 90.2 cm³/mol. The van der Waals surface area contributed by atoms with Gasteiger partial charge in [-0.05, 0) is 13.8 Å². The number of ether oxygens (including phenoxy) is 4. The molecule has 0 saturated heterocycles. The van der Waals surface area contributed by atoms with E-state index in [1.165, 1.54) is 0 Å². The Morgan fingerprint density at radius 3 is 1.46 bits per heavy atom. The molecule has 0 saturated carbocycles. The number of hydrogen-bond donors (Lipinski definition) is 2. The number of rotatable bonds is 11. The van der Waals surface area contributed by atoms with Crippen molar-refractivity contribution in [2.75, 3.05) is 26.3 Å². The molecule has 2 N–H and O–H groups in total. The number of esters is 2. The lowest BCUT2D eigenvalue weighted by Gasteiger charge is -2.14. The maximum atomic E-state index is 11.4. The Morgan fingerprint density at radius 1 is 0.808 bits per heavy atom. The Balaban J connectivity index is 3.74. The van der Waals surface area contributed by atoms with Crippen LogP contribution >= 0.6 is 0 Å². The summed E-state index contributed by atoms with van der Waals surface area (Å²) in [4.78, 5) is 44.7. The maximum Gasteiger partial charge on any atom is 0.407 e. The summed E-state index contributed by atoms with van der Waals surface area (Å²) in [5.41, 5.74) is 0. The third-order valence-electron chi connectivity index (χ3n) is 2.53.